The van der Waals surface area contributed by atoms with Crippen LogP contribution in [-0.2, 0) is 21.3 Å². The maximum atomic E-state index is 4.39. The van der Waals surface area contributed by atoms with Crippen LogP contribution in [-0.4, -0.2) is 4.21 Å². The summed E-state index contributed by atoms with van der Waals surface area (Å²) in [6.07, 6.45) is 17.8. The summed E-state index contributed by atoms with van der Waals surface area (Å²) in [6, 6.07) is 0. The summed E-state index contributed by atoms with van der Waals surface area (Å²) in [5.41, 5.74) is 0. The van der Waals surface area contributed by atoms with Crippen LogP contribution in [0.3, 0.4) is 0 Å². The maximum absolute atomic E-state index is 4.39. The Morgan fingerprint density at radius 2 is 1.00 bits per heavy atom. The van der Waals surface area contributed by atoms with E-state index in [2.05, 4.69) is 52.8 Å². The minimum Gasteiger partial charge on any atom is -1.00 e. The van der Waals surface area contributed by atoms with Crippen LogP contribution in [0.2, 0.25) is 7.25 Å². The van der Waals surface area contributed by atoms with E-state index in [0.717, 1.165) is 7.25 Å². The third kappa shape index (κ3) is 3.15. The molecular weight excluding hydrogens is 294 g/mol. The Kier molecular flexibility index (Phi) is 6.86. The third-order valence-corrected chi connectivity index (χ3v) is 8.45. The Labute approximate surface area is 105 Å². The van der Waals surface area contributed by atoms with Crippen molar-refractivity contribution in [3.8, 4) is 0 Å². The topological polar surface area (TPSA) is 0 Å². The van der Waals surface area contributed by atoms with E-state index in [1.807, 2.05) is 0 Å². The fourth-order valence-electron chi connectivity index (χ4n) is 1.58. The molecule has 0 aromatic rings. The first kappa shape index (κ1) is 14.3. The standard InChI is InChI=1S/2C5H5.CH2.2ClH.Zr/c2*1-2-4-5-3-1;;;;/h2*1-5H;1H2;2*1H;/q;;;;;+2/p-2. The molecule has 74 valence electrons. The van der Waals surface area contributed by atoms with Crippen LogP contribution >= 0.6 is 0 Å². The summed E-state index contributed by atoms with van der Waals surface area (Å²) in [6.45, 7) is 0. The van der Waals surface area contributed by atoms with Crippen molar-refractivity contribution in [3.05, 3.63) is 48.6 Å². The number of allylic oxidation sites excluding steroid dienone is 8. The first-order chi connectivity index (χ1) is 5.88. The zero-order valence-corrected chi connectivity index (χ0v) is 11.7. The smallest absolute Gasteiger partial charge is 1.00 e. The van der Waals surface area contributed by atoms with Gasteiger partial charge in [0.25, 0.3) is 0 Å². The predicted molar refractivity (Wildman–Crippen MR) is 51.2 cm³/mol. The average molecular weight is 306 g/mol. The van der Waals surface area contributed by atoms with Crippen molar-refractivity contribution in [1.82, 2.24) is 0 Å². The van der Waals surface area contributed by atoms with Gasteiger partial charge in [-0.3, -0.25) is 0 Å². The first-order valence-electron chi connectivity index (χ1n) is 4.26. The van der Waals surface area contributed by atoms with Crippen LogP contribution in [0.4, 0.5) is 0 Å². The van der Waals surface area contributed by atoms with E-state index in [1.165, 1.54) is 0 Å². The van der Waals surface area contributed by atoms with E-state index < -0.39 is 21.3 Å². The van der Waals surface area contributed by atoms with Gasteiger partial charge in [-0.2, -0.15) is 0 Å². The molecule has 3 heteroatoms. The van der Waals surface area contributed by atoms with Crippen molar-refractivity contribution in [3.63, 3.8) is 0 Å². The molecule has 0 aliphatic heterocycles. The van der Waals surface area contributed by atoms with Crippen LogP contribution in [0.1, 0.15) is 0 Å². The van der Waals surface area contributed by atoms with Crippen molar-refractivity contribution in [1.29, 1.82) is 0 Å². The summed E-state index contributed by atoms with van der Waals surface area (Å²) in [4.78, 5) is 0. The Morgan fingerprint density at radius 1 is 0.714 bits per heavy atom. The summed E-state index contributed by atoms with van der Waals surface area (Å²) in [7, 11) is 0. The van der Waals surface area contributed by atoms with Crippen LogP contribution in [0.25, 0.3) is 0 Å². The Morgan fingerprint density at radius 3 is 1.29 bits per heavy atom. The fourth-order valence-corrected chi connectivity index (χ4v) is 6.20. The van der Waals surface area contributed by atoms with E-state index in [1.54, 1.807) is 0 Å². The number of hydrogen-bond acceptors (Lipinski definition) is 0. The molecule has 0 radical (unpaired) electrons. The molecule has 0 unspecified atom stereocenters. The van der Waals surface area contributed by atoms with E-state index in [-0.39, 0.29) is 24.8 Å². The van der Waals surface area contributed by atoms with Gasteiger partial charge in [0.2, 0.25) is 0 Å². The molecule has 14 heavy (non-hydrogen) atoms. The molecule has 0 fully saturated rings. The third-order valence-electron chi connectivity index (χ3n) is 2.35. The molecule has 0 spiro atoms. The molecular formula is C11H12Cl2Zr. The van der Waals surface area contributed by atoms with E-state index in [4.69, 9.17) is 0 Å². The van der Waals surface area contributed by atoms with Crippen LogP contribution < -0.4 is 24.8 Å². The van der Waals surface area contributed by atoms with Gasteiger partial charge in [-0.1, -0.05) is 0 Å². The van der Waals surface area contributed by atoms with Gasteiger partial charge in [-0.25, -0.2) is 0 Å². The van der Waals surface area contributed by atoms with E-state index in [9.17, 15) is 0 Å². The molecule has 0 aromatic heterocycles. The van der Waals surface area contributed by atoms with Crippen molar-refractivity contribution in [2.45, 2.75) is 7.25 Å². The average Bonchev–Trinajstić information content (AvgIpc) is 2.77. The van der Waals surface area contributed by atoms with Gasteiger partial charge >= 0.3 is 81.3 Å². The number of halogens is 2. The summed E-state index contributed by atoms with van der Waals surface area (Å²) in [5, 5.41) is 0. The van der Waals surface area contributed by atoms with Gasteiger partial charge in [-0.05, 0) is 0 Å². The van der Waals surface area contributed by atoms with Gasteiger partial charge in [0.1, 0.15) is 0 Å². The minimum absolute atomic E-state index is 0. The molecule has 0 N–H and O–H groups in total. The molecule has 0 amide bonds. The zero-order valence-electron chi connectivity index (χ0n) is 7.74. The number of rotatable bonds is 2. The molecule has 0 bridgehead atoms. The molecule has 0 saturated heterocycles. The fraction of sp³-hybridized carbons (Fsp3) is 0.182. The predicted octanol–water partition coefficient (Wildman–Crippen LogP) is -3.13. The first-order valence-corrected chi connectivity index (χ1v) is 8.84. The summed E-state index contributed by atoms with van der Waals surface area (Å²) < 4.78 is 5.85. The van der Waals surface area contributed by atoms with Gasteiger partial charge in [0.15, 0.2) is 0 Å². The SMILES string of the molecule is [CH2]=[Zr+2]([CH]1C=CC=C1)[CH]1C=CC=C1.[Cl-].[Cl-]. The van der Waals surface area contributed by atoms with Gasteiger partial charge in [0.05, 0.1) is 0 Å². The maximum Gasteiger partial charge on any atom is -1.00 e. The van der Waals surface area contributed by atoms with Gasteiger partial charge in [0, 0.05) is 0 Å². The van der Waals surface area contributed by atoms with E-state index in [0.29, 0.717) is 0 Å². The van der Waals surface area contributed by atoms with E-state index >= 15 is 0 Å². The largest absolute Gasteiger partial charge is 1.00 e. The van der Waals surface area contributed by atoms with Crippen molar-refractivity contribution in [2.24, 2.45) is 0 Å². The van der Waals surface area contributed by atoms with Crippen LogP contribution in [0.5, 0.6) is 0 Å². The molecule has 0 nitrogen and oxygen atoms in total. The number of hydrogen-bond donors (Lipinski definition) is 0. The molecule has 2 aliphatic rings. The Balaban J connectivity index is 0.000000845. The zero-order chi connectivity index (χ0) is 8.39. The molecule has 2 aliphatic carbocycles. The molecule has 0 atom stereocenters. The van der Waals surface area contributed by atoms with Crippen molar-refractivity contribution in [2.75, 3.05) is 0 Å². The molecule has 0 heterocycles. The quantitative estimate of drug-likeness (QED) is 0.506. The van der Waals surface area contributed by atoms with Crippen LogP contribution in [0, 0.1) is 0 Å². The summed E-state index contributed by atoms with van der Waals surface area (Å²) >= 11 is -1.47. The van der Waals surface area contributed by atoms with Crippen molar-refractivity contribution < 1.29 is 46.1 Å². The molecule has 2 rings (SSSR count). The second-order valence-electron chi connectivity index (χ2n) is 3.17. The Hall–Kier alpha value is 0.293. The second-order valence-corrected chi connectivity index (χ2v) is 9.27. The van der Waals surface area contributed by atoms with Crippen LogP contribution in [0.15, 0.2) is 48.6 Å². The monoisotopic (exact) mass is 304 g/mol. The minimum atomic E-state index is -1.47. The van der Waals surface area contributed by atoms with Gasteiger partial charge in [-0.15, -0.1) is 0 Å². The summed E-state index contributed by atoms with van der Waals surface area (Å²) in [5.74, 6) is 0. The second kappa shape index (κ2) is 6.72. The van der Waals surface area contributed by atoms with Crippen molar-refractivity contribution >= 4 is 4.21 Å². The Bertz CT molecular complexity index is 259. The normalized spacial score (nSPS) is 17.6. The van der Waals surface area contributed by atoms with Gasteiger partial charge < -0.3 is 24.8 Å². The molecule has 0 aromatic carbocycles. The molecule has 0 saturated carbocycles.